The lowest BCUT2D eigenvalue weighted by Crippen LogP contribution is -2.43. The van der Waals surface area contributed by atoms with E-state index >= 15 is 0 Å². The first-order chi connectivity index (χ1) is 15.8. The zero-order valence-electron chi connectivity index (χ0n) is 19.5. The molecule has 0 saturated heterocycles. The molecule has 5 unspecified atom stereocenters. The van der Waals surface area contributed by atoms with Crippen LogP contribution in [0.5, 0.6) is 11.5 Å². The van der Waals surface area contributed by atoms with Gasteiger partial charge in [0.1, 0.15) is 17.9 Å². The molecule has 0 N–H and O–H groups in total. The van der Waals surface area contributed by atoms with Gasteiger partial charge in [0.05, 0.1) is 25.7 Å². The highest BCUT2D eigenvalue weighted by Gasteiger charge is 2.55. The number of ether oxygens (including phenoxy) is 3. The van der Waals surface area contributed by atoms with E-state index in [0.717, 1.165) is 12.8 Å². The number of anilines is 1. The molecule has 0 spiro atoms. The summed E-state index contributed by atoms with van der Waals surface area (Å²) in [6.07, 6.45) is 1.19. The monoisotopic (exact) mass is 452 g/mol. The number of nitrogens with zero attached hydrogens (tertiary/aromatic N) is 2. The maximum absolute atomic E-state index is 13.9. The number of carbonyl (C=O) groups is 2. The van der Waals surface area contributed by atoms with E-state index in [1.54, 1.807) is 26.2 Å². The highest BCUT2D eigenvalue weighted by molar-refractivity contribution is 6.17. The van der Waals surface area contributed by atoms with Gasteiger partial charge in [0.15, 0.2) is 28.9 Å². The third kappa shape index (κ3) is 3.22. The number of ketones is 1. The highest BCUT2D eigenvalue weighted by Crippen LogP contribution is 2.52. The molecular weight excluding hydrogens is 424 g/mol. The molecule has 1 aromatic carbocycles. The van der Waals surface area contributed by atoms with Crippen LogP contribution in [-0.4, -0.2) is 37.2 Å². The molecule has 2 aromatic rings. The van der Waals surface area contributed by atoms with Crippen molar-refractivity contribution in [2.24, 2.45) is 17.8 Å². The topological polar surface area (TPSA) is 91.1 Å². The van der Waals surface area contributed by atoms with Gasteiger partial charge < -0.3 is 18.7 Å². The molecule has 33 heavy (non-hydrogen) atoms. The number of amides is 1. The molecule has 174 valence electrons. The first kappa shape index (κ1) is 21.6. The molecule has 1 fully saturated rings. The molecule has 1 aromatic heterocycles. The smallest absolute Gasteiger partial charge is 0.295 e. The van der Waals surface area contributed by atoms with E-state index in [2.05, 4.69) is 19.0 Å². The predicted octanol–water partition coefficient (Wildman–Crippen LogP) is 3.99. The van der Waals surface area contributed by atoms with Crippen molar-refractivity contribution < 1.29 is 28.3 Å². The number of Topliss-reactive ketones (excluding diaryl/α,β-unsaturated/α-hetero) is 1. The molecule has 3 heterocycles. The zero-order valence-corrected chi connectivity index (χ0v) is 19.5. The SMILES string of the molecule is COc1cccc(C2C3=C(OC4CC(C)C(C)CC4C3=O)C(=O)N2c2cc(C)on2)c1OC. The Bertz CT molecular complexity index is 1150. The van der Waals surface area contributed by atoms with Crippen LogP contribution in [-0.2, 0) is 14.3 Å². The molecule has 8 heteroatoms. The second kappa shape index (κ2) is 7.93. The van der Waals surface area contributed by atoms with Crippen molar-refractivity contribution in [3.63, 3.8) is 0 Å². The summed E-state index contributed by atoms with van der Waals surface area (Å²) < 4.78 is 22.7. The van der Waals surface area contributed by atoms with Crippen molar-refractivity contribution in [2.45, 2.75) is 45.8 Å². The first-order valence-corrected chi connectivity index (χ1v) is 11.3. The van der Waals surface area contributed by atoms with Crippen molar-refractivity contribution in [1.29, 1.82) is 0 Å². The van der Waals surface area contributed by atoms with Gasteiger partial charge >= 0.3 is 0 Å². The summed E-state index contributed by atoms with van der Waals surface area (Å²) >= 11 is 0. The minimum absolute atomic E-state index is 0.0362. The van der Waals surface area contributed by atoms with Crippen molar-refractivity contribution in [2.75, 3.05) is 19.1 Å². The number of aromatic nitrogens is 1. The van der Waals surface area contributed by atoms with Crippen LogP contribution in [0.2, 0.25) is 0 Å². The summed E-state index contributed by atoms with van der Waals surface area (Å²) in [5.41, 5.74) is 0.985. The zero-order chi connectivity index (χ0) is 23.4. The van der Waals surface area contributed by atoms with Gasteiger partial charge in [0, 0.05) is 11.6 Å². The van der Waals surface area contributed by atoms with Crippen LogP contribution in [0.15, 0.2) is 40.1 Å². The lowest BCUT2D eigenvalue weighted by molar-refractivity contribution is -0.134. The Labute approximate surface area is 192 Å². The Morgan fingerprint density at radius 2 is 1.85 bits per heavy atom. The summed E-state index contributed by atoms with van der Waals surface area (Å²) in [6.45, 7) is 6.10. The molecule has 1 aliphatic carbocycles. The molecule has 5 atom stereocenters. The fourth-order valence-electron chi connectivity index (χ4n) is 5.39. The lowest BCUT2D eigenvalue weighted by Gasteiger charge is -2.40. The molecule has 5 rings (SSSR count). The number of rotatable bonds is 4. The van der Waals surface area contributed by atoms with Crippen LogP contribution < -0.4 is 14.4 Å². The average molecular weight is 453 g/mol. The molecular formula is C25H28N2O6. The quantitative estimate of drug-likeness (QED) is 0.693. The maximum Gasteiger partial charge on any atom is 0.295 e. The van der Waals surface area contributed by atoms with E-state index < -0.39 is 11.9 Å². The van der Waals surface area contributed by atoms with E-state index in [4.69, 9.17) is 18.7 Å². The molecule has 8 nitrogen and oxygen atoms in total. The van der Waals surface area contributed by atoms with Crippen molar-refractivity contribution in [3.05, 3.63) is 46.9 Å². The number of hydrogen-bond acceptors (Lipinski definition) is 7. The van der Waals surface area contributed by atoms with E-state index in [9.17, 15) is 9.59 Å². The largest absolute Gasteiger partial charge is 0.493 e. The molecule has 3 aliphatic rings. The molecule has 1 amide bonds. The van der Waals surface area contributed by atoms with Gasteiger partial charge in [-0.25, -0.2) is 0 Å². The van der Waals surface area contributed by atoms with Gasteiger partial charge in [-0.05, 0) is 37.7 Å². The molecule has 2 aliphatic heterocycles. The second-order valence-electron chi connectivity index (χ2n) is 9.25. The van der Waals surface area contributed by atoms with Gasteiger partial charge in [-0.15, -0.1) is 0 Å². The number of para-hydroxylation sites is 1. The standard InChI is InChI=1S/C25H28N2O6/c1-12-9-16-18(10-13(12)2)32-24-20(22(16)28)21(15-7-6-8-17(30-4)23(15)31-5)27(25(24)29)19-11-14(3)33-26-19/h6-8,11-13,16,18,21H,9-10H2,1-5H3. The summed E-state index contributed by atoms with van der Waals surface area (Å²) in [4.78, 5) is 29.1. The average Bonchev–Trinajstić information content (AvgIpc) is 3.35. The highest BCUT2D eigenvalue weighted by atomic mass is 16.5. The Kier molecular flexibility index (Phi) is 5.18. The number of aryl methyl sites for hydroxylation is 1. The predicted molar refractivity (Wildman–Crippen MR) is 119 cm³/mol. The summed E-state index contributed by atoms with van der Waals surface area (Å²) in [6, 6.07) is 6.34. The third-order valence-electron chi connectivity index (χ3n) is 7.30. The summed E-state index contributed by atoms with van der Waals surface area (Å²) in [5.74, 6) is 2.06. The fraction of sp³-hybridized carbons (Fsp3) is 0.480. The van der Waals surface area contributed by atoms with Crippen LogP contribution in [0.3, 0.4) is 0 Å². The first-order valence-electron chi connectivity index (χ1n) is 11.3. The second-order valence-corrected chi connectivity index (χ2v) is 9.25. The van der Waals surface area contributed by atoms with Gasteiger partial charge in [-0.2, -0.15) is 0 Å². The number of fused-ring (bicyclic) bond motifs is 1. The minimum Gasteiger partial charge on any atom is -0.493 e. The Balaban J connectivity index is 1.69. The lowest BCUT2D eigenvalue weighted by atomic mass is 9.70. The molecule has 0 bridgehead atoms. The van der Waals surface area contributed by atoms with Gasteiger partial charge in [-0.3, -0.25) is 14.5 Å². The molecule has 1 saturated carbocycles. The maximum atomic E-state index is 13.9. The van der Waals surface area contributed by atoms with Crippen LogP contribution >= 0.6 is 0 Å². The van der Waals surface area contributed by atoms with E-state index in [0.29, 0.717) is 46.0 Å². The van der Waals surface area contributed by atoms with E-state index in [1.165, 1.54) is 12.0 Å². The van der Waals surface area contributed by atoms with Crippen LogP contribution in [0.4, 0.5) is 5.82 Å². The van der Waals surface area contributed by atoms with Crippen molar-refractivity contribution >= 4 is 17.5 Å². The Hall–Kier alpha value is -3.29. The molecule has 0 radical (unpaired) electrons. The number of carbonyl (C=O) groups excluding carboxylic acids is 2. The third-order valence-corrected chi connectivity index (χ3v) is 7.30. The van der Waals surface area contributed by atoms with Crippen molar-refractivity contribution in [1.82, 2.24) is 5.16 Å². The minimum atomic E-state index is -0.759. The van der Waals surface area contributed by atoms with Crippen LogP contribution in [0, 0.1) is 24.7 Å². The van der Waals surface area contributed by atoms with Crippen LogP contribution in [0.25, 0.3) is 0 Å². The van der Waals surface area contributed by atoms with Gasteiger partial charge in [0.25, 0.3) is 5.91 Å². The van der Waals surface area contributed by atoms with E-state index in [1.807, 2.05) is 12.1 Å². The Morgan fingerprint density at radius 1 is 1.09 bits per heavy atom. The van der Waals surface area contributed by atoms with Gasteiger partial charge in [0.2, 0.25) is 0 Å². The normalized spacial score (nSPS) is 29.0. The summed E-state index contributed by atoms with van der Waals surface area (Å²) in [5, 5.41) is 4.08. The fourth-order valence-corrected chi connectivity index (χ4v) is 5.39. The summed E-state index contributed by atoms with van der Waals surface area (Å²) in [7, 11) is 3.09. The number of hydrogen-bond donors (Lipinski definition) is 0. The van der Waals surface area contributed by atoms with Crippen LogP contribution in [0.1, 0.15) is 44.1 Å². The number of methoxy groups -OCH3 is 2. The van der Waals surface area contributed by atoms with E-state index in [-0.39, 0.29) is 23.6 Å². The number of benzene rings is 1. The van der Waals surface area contributed by atoms with Crippen molar-refractivity contribution in [3.8, 4) is 11.5 Å². The Morgan fingerprint density at radius 3 is 2.52 bits per heavy atom. The van der Waals surface area contributed by atoms with Gasteiger partial charge in [-0.1, -0.05) is 31.1 Å².